The third-order valence-corrected chi connectivity index (χ3v) is 3.63. The van der Waals surface area contributed by atoms with Crippen LogP contribution in [0.3, 0.4) is 0 Å². The monoisotopic (exact) mass is 251 g/mol. The van der Waals surface area contributed by atoms with E-state index in [0.717, 1.165) is 25.8 Å². The van der Waals surface area contributed by atoms with E-state index in [0.29, 0.717) is 6.04 Å². The summed E-state index contributed by atoms with van der Waals surface area (Å²) in [7, 11) is 0. The second-order valence-electron chi connectivity index (χ2n) is 5.73. The maximum absolute atomic E-state index is 12.3. The quantitative estimate of drug-likeness (QED) is 0.719. The van der Waals surface area contributed by atoms with Gasteiger partial charge in [0.05, 0.1) is 12.2 Å². The largest absolute Gasteiger partial charge is 0.375 e. The Morgan fingerprint density at radius 1 is 1.33 bits per heavy atom. The van der Waals surface area contributed by atoms with E-state index >= 15 is 0 Å². The summed E-state index contributed by atoms with van der Waals surface area (Å²) >= 11 is 0. The van der Waals surface area contributed by atoms with Crippen molar-refractivity contribution in [1.29, 1.82) is 0 Å². The van der Waals surface area contributed by atoms with E-state index in [1.165, 1.54) is 18.4 Å². The van der Waals surface area contributed by atoms with Crippen LogP contribution < -0.4 is 0 Å². The zero-order chi connectivity index (χ0) is 13.1. The fourth-order valence-corrected chi connectivity index (χ4v) is 2.79. The molecule has 0 N–H and O–H groups in total. The molecule has 1 aliphatic carbocycles. The number of hydrogen-bond acceptors (Lipinski definition) is 2. The van der Waals surface area contributed by atoms with Gasteiger partial charge < -0.3 is 9.64 Å². The van der Waals surface area contributed by atoms with Gasteiger partial charge in [0.2, 0.25) is 5.91 Å². The number of amides is 1. The van der Waals surface area contributed by atoms with Gasteiger partial charge in [0.1, 0.15) is 0 Å². The van der Waals surface area contributed by atoms with Crippen LogP contribution in [0.1, 0.15) is 52.9 Å². The van der Waals surface area contributed by atoms with Gasteiger partial charge in [-0.05, 0) is 46.0 Å². The summed E-state index contributed by atoms with van der Waals surface area (Å²) in [6.07, 6.45) is 7.59. The second-order valence-corrected chi connectivity index (χ2v) is 5.73. The SMILES string of the molecule is CCCN(C(=O)C=C1CC(C)OC(C)C1)C1CC1. The maximum Gasteiger partial charge on any atom is 0.246 e. The first-order valence-electron chi connectivity index (χ1n) is 7.25. The molecule has 1 saturated heterocycles. The average molecular weight is 251 g/mol. The summed E-state index contributed by atoms with van der Waals surface area (Å²) in [6, 6.07) is 0.518. The minimum atomic E-state index is 0.218. The van der Waals surface area contributed by atoms with Crippen LogP contribution in [0, 0.1) is 0 Å². The molecule has 0 aromatic carbocycles. The first kappa shape index (κ1) is 13.6. The van der Waals surface area contributed by atoms with Crippen molar-refractivity contribution in [3.8, 4) is 0 Å². The fourth-order valence-electron chi connectivity index (χ4n) is 2.79. The molecule has 3 heteroatoms. The zero-order valence-electron chi connectivity index (χ0n) is 11.8. The molecule has 0 aromatic rings. The molecule has 2 rings (SSSR count). The highest BCUT2D eigenvalue weighted by atomic mass is 16.5. The molecule has 1 saturated carbocycles. The number of ether oxygens (including phenoxy) is 1. The summed E-state index contributed by atoms with van der Waals surface area (Å²) < 4.78 is 5.70. The topological polar surface area (TPSA) is 29.5 Å². The van der Waals surface area contributed by atoms with E-state index < -0.39 is 0 Å². The molecule has 2 fully saturated rings. The van der Waals surface area contributed by atoms with Crippen molar-refractivity contribution in [1.82, 2.24) is 4.90 Å². The average Bonchev–Trinajstić information content (AvgIpc) is 3.07. The van der Waals surface area contributed by atoms with Gasteiger partial charge in [-0.3, -0.25) is 4.79 Å². The van der Waals surface area contributed by atoms with E-state index in [4.69, 9.17) is 4.74 Å². The van der Waals surface area contributed by atoms with Gasteiger partial charge in [-0.1, -0.05) is 12.5 Å². The van der Waals surface area contributed by atoms with Crippen LogP contribution in [0.25, 0.3) is 0 Å². The van der Waals surface area contributed by atoms with Crippen molar-refractivity contribution in [2.45, 2.75) is 71.1 Å². The van der Waals surface area contributed by atoms with Crippen molar-refractivity contribution in [3.63, 3.8) is 0 Å². The molecule has 0 aromatic heterocycles. The summed E-state index contributed by atoms with van der Waals surface area (Å²) in [5.74, 6) is 0.218. The van der Waals surface area contributed by atoms with Gasteiger partial charge in [-0.15, -0.1) is 0 Å². The van der Waals surface area contributed by atoms with E-state index in [1.54, 1.807) is 0 Å². The lowest BCUT2D eigenvalue weighted by Crippen LogP contribution is -2.33. The number of rotatable bonds is 4. The predicted molar refractivity (Wildman–Crippen MR) is 72.4 cm³/mol. The molecule has 0 bridgehead atoms. The minimum absolute atomic E-state index is 0.218. The van der Waals surface area contributed by atoms with Gasteiger partial charge in [-0.25, -0.2) is 0 Å². The normalized spacial score (nSPS) is 28.1. The molecule has 102 valence electrons. The molecule has 1 heterocycles. The Balaban J connectivity index is 1.99. The standard InChI is InChI=1S/C15H25NO2/c1-4-7-16(14-5-6-14)15(17)10-13-8-11(2)18-12(3)9-13/h10-12,14H,4-9H2,1-3H3. The van der Waals surface area contributed by atoms with Crippen molar-refractivity contribution in [2.75, 3.05) is 6.54 Å². The molecule has 18 heavy (non-hydrogen) atoms. The molecular weight excluding hydrogens is 226 g/mol. The van der Waals surface area contributed by atoms with Crippen molar-refractivity contribution >= 4 is 5.91 Å². The molecule has 2 atom stereocenters. The lowest BCUT2D eigenvalue weighted by atomic mass is 9.98. The Morgan fingerprint density at radius 3 is 2.44 bits per heavy atom. The van der Waals surface area contributed by atoms with Crippen LogP contribution in [0.15, 0.2) is 11.6 Å². The maximum atomic E-state index is 12.3. The summed E-state index contributed by atoms with van der Waals surface area (Å²) in [5.41, 5.74) is 1.26. The molecule has 1 aliphatic heterocycles. The number of hydrogen-bond donors (Lipinski definition) is 0. The van der Waals surface area contributed by atoms with E-state index in [2.05, 4.69) is 25.7 Å². The predicted octanol–water partition coefficient (Wildman–Crippen LogP) is 2.90. The Labute approximate surface area is 110 Å². The molecule has 2 unspecified atom stereocenters. The molecule has 0 spiro atoms. The number of carbonyl (C=O) groups is 1. The van der Waals surface area contributed by atoms with E-state index in [1.807, 2.05) is 6.08 Å². The van der Waals surface area contributed by atoms with Crippen molar-refractivity contribution in [3.05, 3.63) is 11.6 Å². The third kappa shape index (κ3) is 3.58. The van der Waals surface area contributed by atoms with Crippen LogP contribution in [0.2, 0.25) is 0 Å². The molecule has 2 aliphatic rings. The van der Waals surface area contributed by atoms with Crippen LogP contribution in [-0.4, -0.2) is 35.6 Å². The van der Waals surface area contributed by atoms with Crippen molar-refractivity contribution < 1.29 is 9.53 Å². The lowest BCUT2D eigenvalue weighted by molar-refractivity contribution is -0.126. The highest BCUT2D eigenvalue weighted by Crippen LogP contribution is 2.29. The minimum Gasteiger partial charge on any atom is -0.375 e. The summed E-state index contributed by atoms with van der Waals surface area (Å²) in [6.45, 7) is 7.20. The van der Waals surface area contributed by atoms with Gasteiger partial charge in [-0.2, -0.15) is 0 Å². The van der Waals surface area contributed by atoms with Gasteiger partial charge in [0.25, 0.3) is 0 Å². The molecule has 3 nitrogen and oxygen atoms in total. The fraction of sp³-hybridized carbons (Fsp3) is 0.800. The van der Waals surface area contributed by atoms with E-state index in [-0.39, 0.29) is 18.1 Å². The molecule has 1 amide bonds. The zero-order valence-corrected chi connectivity index (χ0v) is 11.8. The first-order chi connectivity index (χ1) is 8.60. The third-order valence-electron chi connectivity index (χ3n) is 3.63. The van der Waals surface area contributed by atoms with Gasteiger partial charge >= 0.3 is 0 Å². The second kappa shape index (κ2) is 5.87. The van der Waals surface area contributed by atoms with Gasteiger partial charge in [0, 0.05) is 18.7 Å². The Bertz CT molecular complexity index is 321. The molecular formula is C15H25NO2. The van der Waals surface area contributed by atoms with Crippen LogP contribution in [-0.2, 0) is 9.53 Å². The Kier molecular flexibility index (Phi) is 4.44. The first-order valence-corrected chi connectivity index (χ1v) is 7.25. The number of carbonyl (C=O) groups excluding carboxylic acids is 1. The number of nitrogens with zero attached hydrogens (tertiary/aromatic N) is 1. The molecule has 0 radical (unpaired) electrons. The lowest BCUT2D eigenvalue weighted by Gasteiger charge is -2.28. The smallest absolute Gasteiger partial charge is 0.246 e. The highest BCUT2D eigenvalue weighted by molar-refractivity contribution is 5.88. The summed E-state index contributed by atoms with van der Waals surface area (Å²) in [5, 5.41) is 0. The van der Waals surface area contributed by atoms with Crippen LogP contribution >= 0.6 is 0 Å². The van der Waals surface area contributed by atoms with Crippen molar-refractivity contribution in [2.24, 2.45) is 0 Å². The van der Waals surface area contributed by atoms with E-state index in [9.17, 15) is 4.79 Å². The Hall–Kier alpha value is -0.830. The van der Waals surface area contributed by atoms with Crippen LogP contribution in [0.5, 0.6) is 0 Å². The van der Waals surface area contributed by atoms with Crippen LogP contribution in [0.4, 0.5) is 0 Å². The summed E-state index contributed by atoms with van der Waals surface area (Å²) in [4.78, 5) is 14.4. The van der Waals surface area contributed by atoms with Gasteiger partial charge in [0.15, 0.2) is 0 Å². The highest BCUT2D eigenvalue weighted by Gasteiger charge is 2.31. The Morgan fingerprint density at radius 2 is 1.94 bits per heavy atom.